The lowest BCUT2D eigenvalue weighted by Crippen LogP contribution is -2.03. The van der Waals surface area contributed by atoms with Gasteiger partial charge in [-0.3, -0.25) is 0 Å². The molecule has 84 valence electrons. The van der Waals surface area contributed by atoms with Gasteiger partial charge in [0, 0.05) is 11.3 Å². The van der Waals surface area contributed by atoms with Gasteiger partial charge in [0.15, 0.2) is 0 Å². The Morgan fingerprint density at radius 2 is 1.88 bits per heavy atom. The van der Waals surface area contributed by atoms with Gasteiger partial charge in [0.2, 0.25) is 0 Å². The summed E-state index contributed by atoms with van der Waals surface area (Å²) in [5.41, 5.74) is 1.48. The average molecular weight is 277 g/mol. The highest BCUT2D eigenvalue weighted by Gasteiger charge is 2.52. The van der Waals surface area contributed by atoms with Crippen molar-refractivity contribution in [2.45, 2.75) is 37.4 Å². The molecular weight excluding hydrogens is 260 g/mol. The van der Waals surface area contributed by atoms with E-state index >= 15 is 0 Å². The standard InChI is InChI=1S/C15H17Br/c1-14(2,3)9-10-15(16)11-13(15)12-7-5-4-6-8-12/h4-8,13H,11H2,1-3H3/t13-,15+/m0/s1. The van der Waals surface area contributed by atoms with E-state index in [4.69, 9.17) is 0 Å². The molecule has 1 aromatic rings. The fourth-order valence-corrected chi connectivity index (χ4v) is 2.42. The molecule has 1 aliphatic carbocycles. The lowest BCUT2D eigenvalue weighted by atomic mass is 9.97. The molecule has 2 rings (SSSR count). The molecule has 0 unspecified atom stereocenters. The predicted molar refractivity (Wildman–Crippen MR) is 72.7 cm³/mol. The molecule has 1 aromatic carbocycles. The zero-order valence-corrected chi connectivity index (χ0v) is 11.6. The van der Waals surface area contributed by atoms with Crippen molar-refractivity contribution in [2.75, 3.05) is 0 Å². The molecule has 0 saturated heterocycles. The van der Waals surface area contributed by atoms with Gasteiger partial charge >= 0.3 is 0 Å². The first-order chi connectivity index (χ1) is 7.41. The van der Waals surface area contributed by atoms with Gasteiger partial charge in [-0.2, -0.15) is 0 Å². The number of alkyl halides is 1. The smallest absolute Gasteiger partial charge is 0.0937 e. The van der Waals surface area contributed by atoms with Crippen molar-refractivity contribution in [3.05, 3.63) is 35.9 Å². The van der Waals surface area contributed by atoms with Crippen LogP contribution in [-0.2, 0) is 0 Å². The van der Waals surface area contributed by atoms with E-state index < -0.39 is 0 Å². The van der Waals surface area contributed by atoms with Crippen LogP contribution in [0.5, 0.6) is 0 Å². The number of benzene rings is 1. The number of hydrogen-bond donors (Lipinski definition) is 0. The maximum Gasteiger partial charge on any atom is 0.0937 e. The van der Waals surface area contributed by atoms with Gasteiger partial charge in [0.05, 0.1) is 4.32 Å². The summed E-state index contributed by atoms with van der Waals surface area (Å²) in [4.78, 5) is 0. The van der Waals surface area contributed by atoms with Crippen LogP contribution in [0, 0.1) is 17.3 Å². The molecule has 0 radical (unpaired) electrons. The Bertz CT molecular complexity index is 430. The first kappa shape index (κ1) is 11.7. The summed E-state index contributed by atoms with van der Waals surface area (Å²) >= 11 is 3.77. The topological polar surface area (TPSA) is 0 Å². The highest BCUT2D eigenvalue weighted by atomic mass is 79.9. The van der Waals surface area contributed by atoms with Crippen LogP contribution in [0.2, 0.25) is 0 Å². The summed E-state index contributed by atoms with van der Waals surface area (Å²) < 4.78 is 0.0294. The molecule has 1 heteroatoms. The van der Waals surface area contributed by atoms with E-state index in [1.54, 1.807) is 0 Å². The maximum absolute atomic E-state index is 3.77. The molecule has 0 aromatic heterocycles. The molecule has 0 spiro atoms. The summed E-state index contributed by atoms with van der Waals surface area (Å²) in [6.45, 7) is 6.45. The van der Waals surface area contributed by atoms with Gasteiger partial charge in [-0.05, 0) is 32.8 Å². The molecule has 1 fully saturated rings. The van der Waals surface area contributed by atoms with Crippen LogP contribution >= 0.6 is 15.9 Å². The van der Waals surface area contributed by atoms with Crippen LogP contribution < -0.4 is 0 Å². The van der Waals surface area contributed by atoms with Gasteiger partial charge in [-0.25, -0.2) is 0 Å². The first-order valence-corrected chi connectivity index (χ1v) is 6.48. The van der Waals surface area contributed by atoms with E-state index in [1.807, 2.05) is 0 Å². The van der Waals surface area contributed by atoms with Crippen molar-refractivity contribution in [1.82, 2.24) is 0 Å². The Hall–Kier alpha value is -0.740. The molecule has 16 heavy (non-hydrogen) atoms. The second kappa shape index (κ2) is 3.93. The van der Waals surface area contributed by atoms with Crippen LogP contribution in [0.15, 0.2) is 30.3 Å². The quantitative estimate of drug-likeness (QED) is 0.528. The Morgan fingerprint density at radius 3 is 2.44 bits per heavy atom. The van der Waals surface area contributed by atoms with Gasteiger partial charge in [-0.15, -0.1) is 0 Å². The van der Waals surface area contributed by atoms with E-state index in [2.05, 4.69) is 78.9 Å². The number of halogens is 1. The zero-order chi connectivity index (χ0) is 11.8. The fourth-order valence-electron chi connectivity index (χ4n) is 1.74. The largest absolute Gasteiger partial charge is 0.0959 e. The second-order valence-corrected chi connectivity index (χ2v) is 6.94. The van der Waals surface area contributed by atoms with Crippen molar-refractivity contribution >= 4 is 15.9 Å². The Kier molecular flexibility index (Phi) is 2.88. The van der Waals surface area contributed by atoms with Crippen molar-refractivity contribution in [2.24, 2.45) is 5.41 Å². The summed E-state index contributed by atoms with van der Waals surface area (Å²) in [5.74, 6) is 7.27. The van der Waals surface area contributed by atoms with Gasteiger partial charge in [0.25, 0.3) is 0 Å². The minimum atomic E-state index is 0.0294. The molecule has 0 N–H and O–H groups in total. The third kappa shape index (κ3) is 2.68. The fraction of sp³-hybridized carbons (Fsp3) is 0.467. The average Bonchev–Trinajstić information content (AvgIpc) is 2.90. The molecule has 0 nitrogen and oxygen atoms in total. The number of rotatable bonds is 1. The lowest BCUT2D eigenvalue weighted by molar-refractivity contribution is 0.570. The zero-order valence-electron chi connectivity index (χ0n) is 10.0. The third-order valence-corrected chi connectivity index (χ3v) is 3.82. The van der Waals surface area contributed by atoms with Crippen LogP contribution in [0.1, 0.15) is 38.7 Å². The Morgan fingerprint density at radius 1 is 1.25 bits per heavy atom. The van der Waals surface area contributed by atoms with Crippen LogP contribution in [0.25, 0.3) is 0 Å². The highest BCUT2D eigenvalue weighted by Crippen LogP contribution is 2.57. The second-order valence-electron chi connectivity index (χ2n) is 5.53. The lowest BCUT2D eigenvalue weighted by Gasteiger charge is -2.08. The SMILES string of the molecule is CC(C)(C)C#C[C@@]1(Br)C[C@H]1c1ccccc1. The Labute approximate surface area is 107 Å². The normalized spacial score (nSPS) is 28.1. The summed E-state index contributed by atoms with van der Waals surface area (Å²) in [7, 11) is 0. The third-order valence-electron chi connectivity index (χ3n) is 2.74. The van der Waals surface area contributed by atoms with E-state index in [-0.39, 0.29) is 9.74 Å². The van der Waals surface area contributed by atoms with Crippen molar-refractivity contribution in [3.63, 3.8) is 0 Å². The molecule has 0 heterocycles. The van der Waals surface area contributed by atoms with Crippen LogP contribution in [0.3, 0.4) is 0 Å². The maximum atomic E-state index is 3.77. The Balaban J connectivity index is 2.12. The highest BCUT2D eigenvalue weighted by molar-refractivity contribution is 9.10. The summed E-state index contributed by atoms with van der Waals surface area (Å²) in [5, 5.41) is 0. The van der Waals surface area contributed by atoms with Crippen LogP contribution in [-0.4, -0.2) is 4.32 Å². The molecule has 2 atom stereocenters. The minimum absolute atomic E-state index is 0.0294. The van der Waals surface area contributed by atoms with E-state index in [0.29, 0.717) is 5.92 Å². The van der Waals surface area contributed by atoms with E-state index in [9.17, 15) is 0 Å². The monoisotopic (exact) mass is 276 g/mol. The first-order valence-electron chi connectivity index (χ1n) is 5.69. The number of hydrogen-bond acceptors (Lipinski definition) is 0. The van der Waals surface area contributed by atoms with Crippen molar-refractivity contribution in [1.29, 1.82) is 0 Å². The molecule has 0 bridgehead atoms. The van der Waals surface area contributed by atoms with Crippen molar-refractivity contribution < 1.29 is 0 Å². The van der Waals surface area contributed by atoms with Gasteiger partial charge in [-0.1, -0.05) is 58.1 Å². The summed E-state index contributed by atoms with van der Waals surface area (Å²) in [6, 6.07) is 10.6. The van der Waals surface area contributed by atoms with E-state index in [1.165, 1.54) is 5.56 Å². The van der Waals surface area contributed by atoms with E-state index in [0.717, 1.165) is 6.42 Å². The van der Waals surface area contributed by atoms with Crippen molar-refractivity contribution in [3.8, 4) is 11.8 Å². The molecule has 0 aliphatic heterocycles. The molecule has 0 amide bonds. The minimum Gasteiger partial charge on any atom is -0.0959 e. The van der Waals surface area contributed by atoms with Gasteiger partial charge in [0.1, 0.15) is 0 Å². The molecular formula is C15H17Br. The van der Waals surface area contributed by atoms with Gasteiger partial charge < -0.3 is 0 Å². The molecule has 1 saturated carbocycles. The van der Waals surface area contributed by atoms with Crippen LogP contribution in [0.4, 0.5) is 0 Å². The molecule has 1 aliphatic rings. The predicted octanol–water partition coefficient (Wildman–Crippen LogP) is 4.36. The summed E-state index contributed by atoms with van der Waals surface area (Å²) in [6.07, 6.45) is 1.13.